The summed E-state index contributed by atoms with van der Waals surface area (Å²) >= 11 is 0. The van der Waals surface area contributed by atoms with Gasteiger partial charge in [0.1, 0.15) is 5.76 Å². The lowest BCUT2D eigenvalue weighted by molar-refractivity contribution is 0.0348. The quantitative estimate of drug-likeness (QED) is 0.221. The van der Waals surface area contributed by atoms with Crippen LogP contribution in [0.25, 0.3) is 21.8 Å². The third kappa shape index (κ3) is 4.24. The van der Waals surface area contributed by atoms with Crippen molar-refractivity contribution in [1.82, 2.24) is 4.57 Å². The number of allylic oxidation sites excluding steroid dienone is 3. The van der Waals surface area contributed by atoms with E-state index in [9.17, 15) is 5.26 Å². The molecule has 0 radical (unpaired) electrons. The van der Waals surface area contributed by atoms with Crippen molar-refractivity contribution in [2.24, 2.45) is 7.05 Å². The number of aryl methyl sites for hydroxylation is 2. The molecule has 180 valence electrons. The second kappa shape index (κ2) is 9.69. The van der Waals surface area contributed by atoms with Gasteiger partial charge in [-0.15, -0.1) is 0 Å². The summed E-state index contributed by atoms with van der Waals surface area (Å²) in [5.41, 5.74) is 6.61. The average Bonchev–Trinajstić information content (AvgIpc) is 3.16. The average molecular weight is 482 g/mol. The number of hydrogen-bond acceptors (Lipinski definition) is 2. The first-order chi connectivity index (χ1) is 18.0. The first kappa shape index (κ1) is 23.9. The van der Waals surface area contributed by atoms with Crippen molar-refractivity contribution < 1.29 is 4.74 Å². The Balaban J connectivity index is 1.64. The van der Waals surface area contributed by atoms with E-state index in [4.69, 9.17) is 11.3 Å². The maximum Gasteiger partial charge on any atom is 0.265 e. The van der Waals surface area contributed by atoms with E-state index in [2.05, 4.69) is 54.6 Å². The lowest BCUT2D eigenvalue weighted by atomic mass is 9.79. The summed E-state index contributed by atoms with van der Waals surface area (Å²) in [6.45, 7) is 11.9. The standard InChI is InChI=1S/C33H27N3O/c1-23-24(2)36(4)32-18-16-25(19-30(23)32)15-17-29-20-26(31(22-34)35-3)21-33(37-29,27-11-7-5-8-12-27)28-13-9-6-10-14-28/h5-20H,21H2,1-2,4H3. The van der Waals surface area contributed by atoms with Crippen LogP contribution < -0.4 is 0 Å². The van der Waals surface area contributed by atoms with Crippen LogP contribution in [0.15, 0.2) is 108 Å². The van der Waals surface area contributed by atoms with E-state index in [1.54, 1.807) is 0 Å². The summed E-state index contributed by atoms with van der Waals surface area (Å²) in [6.07, 6.45) is 6.18. The Bertz CT molecular complexity index is 1600. The topological polar surface area (TPSA) is 42.3 Å². The van der Waals surface area contributed by atoms with Gasteiger partial charge in [-0.25, -0.2) is 10.1 Å². The monoisotopic (exact) mass is 481 g/mol. The summed E-state index contributed by atoms with van der Waals surface area (Å²) in [5, 5.41) is 10.9. The van der Waals surface area contributed by atoms with E-state index in [0.717, 1.165) is 16.7 Å². The zero-order valence-electron chi connectivity index (χ0n) is 21.2. The highest BCUT2D eigenvalue weighted by Gasteiger charge is 2.40. The Labute approximate surface area is 217 Å². The molecule has 0 N–H and O–H groups in total. The second-order valence-corrected chi connectivity index (χ2v) is 9.36. The molecule has 3 aromatic carbocycles. The van der Waals surface area contributed by atoms with Gasteiger partial charge < -0.3 is 9.30 Å². The molecule has 4 heteroatoms. The van der Waals surface area contributed by atoms with Crippen molar-refractivity contribution in [2.45, 2.75) is 25.9 Å². The molecule has 0 atom stereocenters. The van der Waals surface area contributed by atoms with Gasteiger partial charge in [0.15, 0.2) is 5.60 Å². The number of fused-ring (bicyclic) bond motifs is 1. The second-order valence-electron chi connectivity index (χ2n) is 9.36. The van der Waals surface area contributed by atoms with Gasteiger partial charge in [0.25, 0.3) is 5.70 Å². The molecular weight excluding hydrogens is 454 g/mol. The molecule has 1 aliphatic rings. The van der Waals surface area contributed by atoms with Gasteiger partial charge in [0, 0.05) is 41.2 Å². The Hall–Kier alpha value is -4.80. The van der Waals surface area contributed by atoms with Gasteiger partial charge in [-0.2, -0.15) is 0 Å². The van der Waals surface area contributed by atoms with Crippen LogP contribution in [0, 0.1) is 31.8 Å². The molecule has 0 spiro atoms. The summed E-state index contributed by atoms with van der Waals surface area (Å²) < 4.78 is 9.01. The van der Waals surface area contributed by atoms with Crippen molar-refractivity contribution in [3.63, 3.8) is 0 Å². The van der Waals surface area contributed by atoms with E-state index in [0.29, 0.717) is 17.8 Å². The van der Waals surface area contributed by atoms with E-state index in [-0.39, 0.29) is 5.70 Å². The van der Waals surface area contributed by atoms with Crippen molar-refractivity contribution >= 4 is 17.0 Å². The first-order valence-corrected chi connectivity index (χ1v) is 12.2. The lowest BCUT2D eigenvalue weighted by Gasteiger charge is -2.39. The van der Waals surface area contributed by atoms with Crippen LogP contribution in [0.5, 0.6) is 0 Å². The van der Waals surface area contributed by atoms with Gasteiger partial charge in [-0.3, -0.25) is 0 Å². The van der Waals surface area contributed by atoms with E-state index >= 15 is 0 Å². The number of ether oxygens (including phenoxy) is 1. The predicted octanol–water partition coefficient (Wildman–Crippen LogP) is 7.75. The molecule has 0 fully saturated rings. The summed E-state index contributed by atoms with van der Waals surface area (Å²) in [5.74, 6) is 0.603. The summed E-state index contributed by atoms with van der Waals surface area (Å²) in [6, 6.07) is 28.6. The minimum Gasteiger partial charge on any atom is -0.478 e. The fourth-order valence-corrected chi connectivity index (χ4v) is 5.12. The minimum atomic E-state index is -0.865. The van der Waals surface area contributed by atoms with Gasteiger partial charge in [-0.05, 0) is 54.8 Å². The summed E-state index contributed by atoms with van der Waals surface area (Å²) in [7, 11) is 2.09. The van der Waals surface area contributed by atoms with Gasteiger partial charge in [0.05, 0.1) is 12.6 Å². The molecule has 4 nitrogen and oxygen atoms in total. The molecule has 37 heavy (non-hydrogen) atoms. The lowest BCUT2D eigenvalue weighted by Crippen LogP contribution is -2.34. The Morgan fingerprint density at radius 3 is 2.24 bits per heavy atom. The molecule has 4 aromatic rings. The smallest absolute Gasteiger partial charge is 0.265 e. The van der Waals surface area contributed by atoms with Crippen LogP contribution in [0.4, 0.5) is 0 Å². The number of aromatic nitrogens is 1. The molecule has 0 saturated carbocycles. The molecule has 5 rings (SSSR count). The number of nitriles is 1. The normalized spacial score (nSPS) is 16.1. The van der Waals surface area contributed by atoms with Gasteiger partial charge >= 0.3 is 0 Å². The highest BCUT2D eigenvalue weighted by atomic mass is 16.5. The molecule has 0 unspecified atom stereocenters. The predicted molar refractivity (Wildman–Crippen MR) is 148 cm³/mol. The molecule has 0 saturated heterocycles. The Morgan fingerprint density at radius 2 is 1.65 bits per heavy atom. The maximum atomic E-state index is 9.72. The first-order valence-electron chi connectivity index (χ1n) is 12.2. The number of hydrogen-bond donors (Lipinski definition) is 0. The SMILES string of the molecule is [C-]#[N+]C(C#N)=C1C=C(C=Cc2ccc3c(c2)c(C)c(C)n3C)OC(c2ccccc2)(c2ccccc2)C1. The molecule has 2 heterocycles. The molecule has 1 aliphatic heterocycles. The highest BCUT2D eigenvalue weighted by Crippen LogP contribution is 2.45. The number of benzene rings is 3. The number of nitrogens with zero attached hydrogens (tertiary/aromatic N) is 3. The number of rotatable bonds is 4. The van der Waals surface area contributed by atoms with Crippen molar-refractivity contribution in [2.75, 3.05) is 0 Å². The van der Waals surface area contributed by atoms with Crippen LogP contribution in [-0.2, 0) is 17.4 Å². The van der Waals surface area contributed by atoms with Crippen molar-refractivity contribution in [1.29, 1.82) is 5.26 Å². The third-order valence-corrected chi connectivity index (χ3v) is 7.32. The Morgan fingerprint density at radius 1 is 1.00 bits per heavy atom. The Kier molecular flexibility index (Phi) is 6.26. The third-order valence-electron chi connectivity index (χ3n) is 7.32. The van der Waals surface area contributed by atoms with Crippen LogP contribution in [0.3, 0.4) is 0 Å². The van der Waals surface area contributed by atoms with Gasteiger partial charge in [0.2, 0.25) is 0 Å². The maximum absolute atomic E-state index is 9.72. The van der Waals surface area contributed by atoms with E-state index in [1.807, 2.05) is 78.9 Å². The fraction of sp³-hybridized carbons (Fsp3) is 0.152. The molecule has 0 amide bonds. The molecular formula is C33H27N3O. The molecule has 0 bridgehead atoms. The largest absolute Gasteiger partial charge is 0.478 e. The van der Waals surface area contributed by atoms with Crippen LogP contribution in [0.1, 0.15) is 34.4 Å². The van der Waals surface area contributed by atoms with Crippen LogP contribution in [0.2, 0.25) is 0 Å². The van der Waals surface area contributed by atoms with Crippen molar-refractivity contribution in [3.8, 4) is 6.07 Å². The van der Waals surface area contributed by atoms with E-state index in [1.165, 1.54) is 22.2 Å². The fourth-order valence-electron chi connectivity index (χ4n) is 5.12. The molecule has 0 aliphatic carbocycles. The highest BCUT2D eigenvalue weighted by molar-refractivity contribution is 5.87. The summed E-state index contributed by atoms with van der Waals surface area (Å²) in [4.78, 5) is 3.53. The molecule has 1 aromatic heterocycles. The van der Waals surface area contributed by atoms with Crippen LogP contribution in [-0.4, -0.2) is 4.57 Å². The van der Waals surface area contributed by atoms with Crippen LogP contribution >= 0.6 is 0 Å². The van der Waals surface area contributed by atoms with Gasteiger partial charge in [-0.1, -0.05) is 72.8 Å². The zero-order valence-corrected chi connectivity index (χ0v) is 21.2. The minimum absolute atomic E-state index is 0.0854. The zero-order chi connectivity index (χ0) is 26.0. The van der Waals surface area contributed by atoms with Crippen molar-refractivity contribution in [3.05, 3.63) is 147 Å². The van der Waals surface area contributed by atoms with E-state index < -0.39 is 5.60 Å².